The summed E-state index contributed by atoms with van der Waals surface area (Å²) in [5, 5.41) is 0. The van der Waals surface area contributed by atoms with E-state index in [1.807, 2.05) is 57.4 Å². The summed E-state index contributed by atoms with van der Waals surface area (Å²) in [5.74, 6) is 1.61. The van der Waals surface area contributed by atoms with Crippen LogP contribution in [0.25, 0.3) is 42.9 Å². The average molecular weight is 683 g/mol. The van der Waals surface area contributed by atoms with Crippen LogP contribution in [-0.2, 0) is 9.47 Å². The number of thiophene rings is 1. The van der Waals surface area contributed by atoms with Crippen LogP contribution in [0.15, 0.2) is 48.5 Å². The van der Waals surface area contributed by atoms with Crippen molar-refractivity contribution in [3.8, 4) is 20.9 Å². The molecule has 49 heavy (non-hydrogen) atoms. The Morgan fingerprint density at radius 2 is 1.18 bits per heavy atom. The van der Waals surface area contributed by atoms with Gasteiger partial charge in [-0.3, -0.25) is 9.80 Å². The van der Waals surface area contributed by atoms with Crippen LogP contribution in [-0.4, -0.2) is 66.2 Å². The van der Waals surface area contributed by atoms with Crippen molar-refractivity contribution in [1.29, 1.82) is 0 Å². The van der Waals surface area contributed by atoms with E-state index in [2.05, 4.69) is 52.4 Å². The van der Waals surface area contributed by atoms with E-state index in [1.165, 1.54) is 0 Å². The minimum atomic E-state index is -0.547. The average Bonchev–Trinajstić information content (AvgIpc) is 3.81. The van der Waals surface area contributed by atoms with Gasteiger partial charge in [-0.05, 0) is 128 Å². The van der Waals surface area contributed by atoms with Gasteiger partial charge in [-0.15, -0.1) is 11.3 Å². The van der Waals surface area contributed by atoms with Crippen LogP contribution in [0.2, 0.25) is 0 Å². The van der Waals surface area contributed by atoms with Crippen molar-refractivity contribution in [2.45, 2.75) is 103 Å². The summed E-state index contributed by atoms with van der Waals surface area (Å²) in [6.45, 7) is 12.7. The van der Waals surface area contributed by atoms with Crippen molar-refractivity contribution < 1.29 is 19.1 Å². The molecule has 2 aromatic carbocycles. The molecule has 258 valence electrons. The molecule has 2 aliphatic heterocycles. The summed E-state index contributed by atoms with van der Waals surface area (Å²) in [6.07, 6.45) is 5.14. The first-order valence-electron chi connectivity index (χ1n) is 17.4. The van der Waals surface area contributed by atoms with Crippen molar-refractivity contribution in [3.05, 3.63) is 60.2 Å². The van der Waals surface area contributed by atoms with E-state index in [0.29, 0.717) is 13.1 Å². The molecule has 3 aromatic heterocycles. The first-order chi connectivity index (χ1) is 23.3. The van der Waals surface area contributed by atoms with Gasteiger partial charge in [-0.1, -0.05) is 12.1 Å². The van der Waals surface area contributed by atoms with Crippen molar-refractivity contribution in [1.82, 2.24) is 29.7 Å². The number of hydrogen-bond acceptors (Lipinski definition) is 7. The van der Waals surface area contributed by atoms with Gasteiger partial charge >= 0.3 is 12.2 Å². The molecule has 11 heteroatoms. The van der Waals surface area contributed by atoms with E-state index in [-0.39, 0.29) is 24.3 Å². The third kappa shape index (κ3) is 7.18. The third-order valence-corrected chi connectivity index (χ3v) is 10.3. The number of ether oxygens (including phenoxy) is 2. The number of nitrogens with zero attached hydrogens (tertiary/aromatic N) is 4. The Kier molecular flexibility index (Phi) is 8.67. The fourth-order valence-electron chi connectivity index (χ4n) is 6.84. The summed E-state index contributed by atoms with van der Waals surface area (Å²) in [6, 6.07) is 16.7. The van der Waals surface area contributed by atoms with Crippen LogP contribution in [0.3, 0.4) is 0 Å². The lowest BCUT2D eigenvalue weighted by Gasteiger charge is -2.35. The number of piperidine rings is 2. The Labute approximate surface area is 291 Å². The van der Waals surface area contributed by atoms with Gasteiger partial charge < -0.3 is 19.4 Å². The summed E-state index contributed by atoms with van der Waals surface area (Å²) < 4.78 is 11.4. The topological polar surface area (TPSA) is 116 Å². The number of amides is 2. The number of benzene rings is 2. The van der Waals surface area contributed by atoms with Gasteiger partial charge in [0, 0.05) is 22.8 Å². The molecule has 5 heterocycles. The molecule has 10 nitrogen and oxygen atoms in total. The standard InChI is InChI=1S/C38H46N6O4S/c1-37(2,3)47-35(45)43-19-9-7-11-29(43)33-39-25-15-13-23(21-27(25)41-33)31-17-18-32(49-31)24-14-16-26-28(22-24)42-34(40-26)30-12-8-10-20-44(30)36(46)48-38(4,5)6/h13-18,21-22,29-30H,7-12,19-20H2,1-6H3,(H,39,41)(H,40,42)/t29-,30-/m0/s1. The molecule has 0 spiro atoms. The molecule has 2 N–H and O–H groups in total. The van der Waals surface area contributed by atoms with Crippen LogP contribution >= 0.6 is 11.3 Å². The van der Waals surface area contributed by atoms with Gasteiger partial charge in [-0.25, -0.2) is 19.6 Å². The Morgan fingerprint density at radius 1 is 0.673 bits per heavy atom. The van der Waals surface area contributed by atoms with E-state index in [0.717, 1.165) is 93.1 Å². The zero-order valence-corrected chi connectivity index (χ0v) is 30.1. The number of carbonyl (C=O) groups excluding carboxylic acids is 2. The van der Waals surface area contributed by atoms with Crippen LogP contribution < -0.4 is 0 Å². The van der Waals surface area contributed by atoms with Crippen molar-refractivity contribution in [2.24, 2.45) is 0 Å². The van der Waals surface area contributed by atoms with Gasteiger partial charge in [0.1, 0.15) is 22.9 Å². The van der Waals surface area contributed by atoms with Crippen LogP contribution in [0.4, 0.5) is 9.59 Å². The number of rotatable bonds is 4. The number of fused-ring (bicyclic) bond motifs is 2. The van der Waals surface area contributed by atoms with Gasteiger partial charge in [0.25, 0.3) is 0 Å². The van der Waals surface area contributed by atoms with E-state index < -0.39 is 11.2 Å². The second-order valence-corrected chi connectivity index (χ2v) is 16.3. The molecule has 2 saturated heterocycles. The summed E-state index contributed by atoms with van der Waals surface area (Å²) >= 11 is 1.73. The fraction of sp³-hybridized carbons (Fsp3) is 0.474. The molecule has 0 saturated carbocycles. The Balaban J connectivity index is 1.10. The fourth-order valence-corrected chi connectivity index (χ4v) is 7.83. The minimum absolute atomic E-state index is 0.135. The molecule has 5 aromatic rings. The van der Waals surface area contributed by atoms with Crippen LogP contribution in [0.1, 0.15) is 104 Å². The monoisotopic (exact) mass is 682 g/mol. The highest BCUT2D eigenvalue weighted by Gasteiger charge is 2.34. The summed E-state index contributed by atoms with van der Waals surface area (Å²) in [7, 11) is 0. The largest absolute Gasteiger partial charge is 0.444 e. The molecule has 0 radical (unpaired) electrons. The smallest absolute Gasteiger partial charge is 0.410 e. The number of carbonyl (C=O) groups is 2. The third-order valence-electron chi connectivity index (χ3n) is 9.07. The zero-order chi connectivity index (χ0) is 34.5. The molecule has 7 rings (SSSR count). The van der Waals surface area contributed by atoms with Crippen LogP contribution in [0, 0.1) is 0 Å². The molecule has 0 unspecified atom stereocenters. The van der Waals surface area contributed by atoms with Gasteiger partial charge in [0.2, 0.25) is 0 Å². The molecule has 2 amide bonds. The lowest BCUT2D eigenvalue weighted by atomic mass is 10.0. The summed E-state index contributed by atoms with van der Waals surface area (Å²) in [5.41, 5.74) is 4.77. The molecule has 0 bridgehead atoms. The molecular weight excluding hydrogens is 637 g/mol. The molecule has 2 atom stereocenters. The number of aromatic nitrogens is 4. The highest BCUT2D eigenvalue weighted by molar-refractivity contribution is 7.18. The lowest BCUT2D eigenvalue weighted by Crippen LogP contribution is -2.42. The van der Waals surface area contributed by atoms with E-state index >= 15 is 0 Å². The SMILES string of the molecule is CC(C)(C)OC(=O)N1CCCC[C@H]1c1nc2cc(-c3ccc(-c4ccc5nc([C@@H]6CCCCN6C(=O)OC(C)(C)C)[nH]c5c4)s3)ccc2[nH]1. The number of nitrogens with one attached hydrogen (secondary N) is 2. The van der Waals surface area contributed by atoms with E-state index in [4.69, 9.17) is 19.4 Å². The zero-order valence-electron chi connectivity index (χ0n) is 29.3. The quantitative estimate of drug-likeness (QED) is 0.195. The maximum absolute atomic E-state index is 13.0. The number of likely N-dealkylation sites (tertiary alicyclic amines) is 2. The Bertz CT molecular complexity index is 1860. The van der Waals surface area contributed by atoms with E-state index in [9.17, 15) is 9.59 Å². The first-order valence-corrected chi connectivity index (χ1v) is 18.2. The number of aromatic amines is 2. The number of imidazole rings is 2. The molecule has 0 aliphatic carbocycles. The molecule has 2 fully saturated rings. The van der Waals surface area contributed by atoms with Crippen molar-refractivity contribution >= 4 is 45.6 Å². The van der Waals surface area contributed by atoms with Gasteiger partial charge in [0.05, 0.1) is 34.2 Å². The number of H-pyrrole nitrogens is 2. The Morgan fingerprint density at radius 3 is 1.76 bits per heavy atom. The Hall–Kier alpha value is -4.38. The first kappa shape index (κ1) is 33.1. The van der Waals surface area contributed by atoms with Crippen molar-refractivity contribution in [2.75, 3.05) is 13.1 Å². The van der Waals surface area contributed by atoms with Gasteiger partial charge in [-0.2, -0.15) is 0 Å². The predicted octanol–water partition coefficient (Wildman–Crippen LogP) is 9.76. The second-order valence-electron chi connectivity index (χ2n) is 15.2. The maximum atomic E-state index is 13.0. The minimum Gasteiger partial charge on any atom is -0.444 e. The van der Waals surface area contributed by atoms with Crippen molar-refractivity contribution in [3.63, 3.8) is 0 Å². The maximum Gasteiger partial charge on any atom is 0.410 e. The predicted molar refractivity (Wildman–Crippen MR) is 194 cm³/mol. The highest BCUT2D eigenvalue weighted by Crippen LogP contribution is 2.38. The lowest BCUT2D eigenvalue weighted by molar-refractivity contribution is 0.00762. The molecule has 2 aliphatic rings. The highest BCUT2D eigenvalue weighted by atomic mass is 32.1. The van der Waals surface area contributed by atoms with E-state index in [1.54, 1.807) is 11.3 Å². The van der Waals surface area contributed by atoms with Crippen LogP contribution in [0.5, 0.6) is 0 Å². The normalized spacial score (nSPS) is 19.1. The number of hydrogen-bond donors (Lipinski definition) is 2. The molecular formula is C38H46N6O4S. The van der Waals surface area contributed by atoms with Gasteiger partial charge in [0.15, 0.2) is 0 Å². The summed E-state index contributed by atoms with van der Waals surface area (Å²) in [4.78, 5) is 48.9. The second kappa shape index (κ2) is 12.8.